The molecule has 6 nitrogen and oxygen atoms in total. The fraction of sp³-hybridized carbons (Fsp3) is 0.933. The molecule has 0 aromatic rings. The van der Waals surface area contributed by atoms with E-state index in [1.165, 1.54) is 17.1 Å². The molecular weight excluding hydrogens is 300 g/mol. The Balaban J connectivity index is 2.05. The van der Waals surface area contributed by atoms with E-state index in [0.29, 0.717) is 31.2 Å². The van der Waals surface area contributed by atoms with Crippen LogP contribution in [0.25, 0.3) is 0 Å². The highest BCUT2D eigenvalue weighted by Gasteiger charge is 2.38. The number of nitriles is 1. The molecule has 0 bridgehead atoms. The maximum atomic E-state index is 12.6. The zero-order chi connectivity index (χ0) is 16.3. The Morgan fingerprint density at radius 1 is 1.23 bits per heavy atom. The first kappa shape index (κ1) is 17.7. The average molecular weight is 328 g/mol. The fourth-order valence-corrected chi connectivity index (χ4v) is 5.27. The first-order chi connectivity index (χ1) is 10.4. The van der Waals surface area contributed by atoms with Gasteiger partial charge in [-0.2, -0.15) is 22.3 Å². The van der Waals surface area contributed by atoms with Crippen molar-refractivity contribution in [3.63, 3.8) is 0 Å². The van der Waals surface area contributed by atoms with Gasteiger partial charge in [0.05, 0.1) is 6.07 Å². The normalized spacial score (nSPS) is 31.5. The third kappa shape index (κ3) is 3.62. The van der Waals surface area contributed by atoms with Gasteiger partial charge in [-0.25, -0.2) is 0 Å². The van der Waals surface area contributed by atoms with E-state index in [1.807, 2.05) is 6.07 Å². The van der Waals surface area contributed by atoms with Gasteiger partial charge in [-0.05, 0) is 39.5 Å². The van der Waals surface area contributed by atoms with Crippen molar-refractivity contribution in [2.24, 2.45) is 0 Å². The molecule has 0 saturated carbocycles. The van der Waals surface area contributed by atoms with Gasteiger partial charge in [0.1, 0.15) is 0 Å². The highest BCUT2D eigenvalue weighted by atomic mass is 32.2. The van der Waals surface area contributed by atoms with Crippen molar-refractivity contribution in [3.8, 4) is 6.07 Å². The van der Waals surface area contributed by atoms with Crippen molar-refractivity contribution in [3.05, 3.63) is 0 Å². The molecule has 0 amide bonds. The Morgan fingerprint density at radius 3 is 2.45 bits per heavy atom. The number of hydrogen-bond acceptors (Lipinski definition) is 4. The second-order valence-corrected chi connectivity index (χ2v) is 8.65. The topological polar surface area (TPSA) is 67.7 Å². The highest BCUT2D eigenvalue weighted by molar-refractivity contribution is 7.86. The minimum absolute atomic E-state index is 0.229. The zero-order valence-corrected chi connectivity index (χ0v) is 14.7. The van der Waals surface area contributed by atoms with Crippen molar-refractivity contribution in [2.75, 3.05) is 26.7 Å². The smallest absolute Gasteiger partial charge is 0.281 e. The lowest BCUT2D eigenvalue weighted by Gasteiger charge is -2.41. The van der Waals surface area contributed by atoms with Crippen LogP contribution in [0.2, 0.25) is 0 Å². The summed E-state index contributed by atoms with van der Waals surface area (Å²) < 4.78 is 28.2. The van der Waals surface area contributed by atoms with Gasteiger partial charge in [0.15, 0.2) is 0 Å². The number of nitrogens with zero attached hydrogens (tertiary/aromatic N) is 4. The summed E-state index contributed by atoms with van der Waals surface area (Å²) in [5.41, 5.74) is 0. The molecule has 126 valence electrons. The lowest BCUT2D eigenvalue weighted by atomic mass is 10.0. The molecule has 22 heavy (non-hydrogen) atoms. The van der Waals surface area contributed by atoms with Gasteiger partial charge >= 0.3 is 0 Å². The van der Waals surface area contributed by atoms with Gasteiger partial charge in [0.2, 0.25) is 0 Å². The van der Waals surface area contributed by atoms with Crippen LogP contribution in [0.15, 0.2) is 0 Å². The Kier molecular flexibility index (Phi) is 5.83. The maximum absolute atomic E-state index is 12.6. The highest BCUT2D eigenvalue weighted by Crippen LogP contribution is 2.30. The molecule has 0 aliphatic carbocycles. The molecule has 3 atom stereocenters. The summed E-state index contributed by atoms with van der Waals surface area (Å²) in [6, 6.07) is 3.41. The number of rotatable bonds is 5. The van der Waals surface area contributed by atoms with E-state index >= 15 is 0 Å². The molecule has 2 aliphatic heterocycles. The molecule has 7 heteroatoms. The van der Waals surface area contributed by atoms with E-state index in [2.05, 4.69) is 18.7 Å². The number of likely N-dealkylation sites (tertiary alicyclic amines) is 1. The van der Waals surface area contributed by atoms with E-state index < -0.39 is 10.2 Å². The van der Waals surface area contributed by atoms with Crippen LogP contribution in [0.4, 0.5) is 0 Å². The first-order valence-corrected chi connectivity index (χ1v) is 9.63. The largest absolute Gasteiger partial charge is 0.294 e. The molecule has 0 N–H and O–H groups in total. The second kappa shape index (κ2) is 7.26. The van der Waals surface area contributed by atoms with Crippen LogP contribution in [0.1, 0.15) is 46.0 Å². The molecule has 2 aliphatic rings. The molecule has 3 unspecified atom stereocenters. The minimum Gasteiger partial charge on any atom is -0.294 e. The third-order valence-corrected chi connectivity index (χ3v) is 7.01. The monoisotopic (exact) mass is 328 g/mol. The lowest BCUT2D eigenvalue weighted by Crippen LogP contribution is -2.54. The van der Waals surface area contributed by atoms with Gasteiger partial charge in [0.25, 0.3) is 10.2 Å². The van der Waals surface area contributed by atoms with Gasteiger partial charge in [-0.3, -0.25) is 4.90 Å². The Labute approximate surface area is 134 Å². The van der Waals surface area contributed by atoms with Crippen molar-refractivity contribution >= 4 is 10.2 Å². The summed E-state index contributed by atoms with van der Waals surface area (Å²) in [6.45, 7) is 5.92. The Hall–Kier alpha value is -0.680. The molecule has 0 spiro atoms. The molecule has 2 saturated heterocycles. The summed E-state index contributed by atoms with van der Waals surface area (Å²) in [5.74, 6) is 0. The number of piperidine rings is 1. The predicted molar refractivity (Wildman–Crippen MR) is 86.4 cm³/mol. The summed E-state index contributed by atoms with van der Waals surface area (Å²) >= 11 is 0. The van der Waals surface area contributed by atoms with Crippen LogP contribution in [-0.2, 0) is 10.2 Å². The summed E-state index contributed by atoms with van der Waals surface area (Å²) in [5, 5.41) is 8.64. The van der Waals surface area contributed by atoms with Gasteiger partial charge < -0.3 is 0 Å². The van der Waals surface area contributed by atoms with Crippen molar-refractivity contribution in [1.29, 1.82) is 5.26 Å². The van der Waals surface area contributed by atoms with Gasteiger partial charge in [-0.1, -0.05) is 0 Å². The van der Waals surface area contributed by atoms with Crippen molar-refractivity contribution < 1.29 is 8.42 Å². The van der Waals surface area contributed by atoms with E-state index in [1.54, 1.807) is 11.4 Å². The van der Waals surface area contributed by atoms with Crippen molar-refractivity contribution in [1.82, 2.24) is 13.5 Å². The van der Waals surface area contributed by atoms with Crippen molar-refractivity contribution in [2.45, 2.75) is 64.1 Å². The fourth-order valence-electron chi connectivity index (χ4n) is 3.83. The first-order valence-electron chi connectivity index (χ1n) is 8.23. The standard InChI is InChI=1S/C15H28N4O2S/c1-13-7-8-14(2)19(13)15-6-4-11-18(12-15)22(20,21)17(3)10-5-9-16/h13-15H,4-8,10-12H2,1-3H3. The molecular formula is C15H28N4O2S. The molecule has 2 rings (SSSR count). The maximum Gasteiger partial charge on any atom is 0.281 e. The van der Waals surface area contributed by atoms with Gasteiger partial charge in [0, 0.05) is 51.2 Å². The predicted octanol–water partition coefficient (Wildman–Crippen LogP) is 1.41. The second-order valence-electron chi connectivity index (χ2n) is 6.61. The van der Waals surface area contributed by atoms with E-state index in [4.69, 9.17) is 5.26 Å². The summed E-state index contributed by atoms with van der Waals surface area (Å²) in [7, 11) is -1.88. The summed E-state index contributed by atoms with van der Waals surface area (Å²) in [6.07, 6.45) is 4.61. The molecule has 0 radical (unpaired) electrons. The van der Waals surface area contributed by atoms with Crippen LogP contribution in [0.5, 0.6) is 0 Å². The molecule has 2 fully saturated rings. The van der Waals surface area contributed by atoms with E-state index in [9.17, 15) is 8.42 Å². The van der Waals surface area contributed by atoms with E-state index in [-0.39, 0.29) is 13.0 Å². The zero-order valence-electron chi connectivity index (χ0n) is 13.9. The van der Waals surface area contributed by atoms with Crippen LogP contribution < -0.4 is 0 Å². The lowest BCUT2D eigenvalue weighted by molar-refractivity contribution is 0.0960. The third-order valence-electron chi connectivity index (χ3n) is 5.06. The van der Waals surface area contributed by atoms with Crippen LogP contribution in [0, 0.1) is 11.3 Å². The molecule has 0 aromatic carbocycles. The molecule has 2 heterocycles. The Bertz CT molecular complexity index is 506. The average Bonchev–Trinajstić information content (AvgIpc) is 2.83. The SMILES string of the molecule is CC1CCC(C)N1C1CCCN(S(=O)(=O)N(C)CCC#N)C1. The minimum atomic E-state index is -3.44. The van der Waals surface area contributed by atoms with Crippen LogP contribution in [0.3, 0.4) is 0 Å². The van der Waals surface area contributed by atoms with Crippen LogP contribution >= 0.6 is 0 Å². The quantitative estimate of drug-likeness (QED) is 0.765. The summed E-state index contributed by atoms with van der Waals surface area (Å²) in [4.78, 5) is 2.51. The Morgan fingerprint density at radius 2 is 1.86 bits per heavy atom. The van der Waals surface area contributed by atoms with Gasteiger partial charge in [-0.15, -0.1) is 0 Å². The number of hydrogen-bond donors (Lipinski definition) is 0. The van der Waals surface area contributed by atoms with E-state index in [0.717, 1.165) is 12.8 Å². The van der Waals surface area contributed by atoms with Crippen LogP contribution in [-0.4, -0.2) is 66.7 Å². The molecule has 0 aromatic heterocycles.